The lowest BCUT2D eigenvalue weighted by molar-refractivity contribution is 0.282. The minimum atomic E-state index is 0.553. The maximum absolute atomic E-state index is 5.98. The van der Waals surface area contributed by atoms with Crippen molar-refractivity contribution >= 4 is 34.8 Å². The number of rotatable bonds is 6. The van der Waals surface area contributed by atoms with Crippen molar-refractivity contribution in [3.8, 4) is 5.75 Å². The summed E-state index contributed by atoms with van der Waals surface area (Å²) in [5.74, 6) is 1.95. The Labute approximate surface area is 112 Å². The van der Waals surface area contributed by atoms with E-state index in [-0.39, 0.29) is 0 Å². The molecule has 0 saturated carbocycles. The molecule has 90 valence electrons. The van der Waals surface area contributed by atoms with Gasteiger partial charge in [0.2, 0.25) is 0 Å². The summed E-state index contributed by atoms with van der Waals surface area (Å²) in [5, 5.41) is 1.17. The van der Waals surface area contributed by atoms with Gasteiger partial charge in [0.25, 0.3) is 0 Å². The Kier molecular flexibility index (Phi) is 6.33. The third-order valence-corrected chi connectivity index (χ3v) is 3.11. The van der Waals surface area contributed by atoms with E-state index in [0.717, 1.165) is 12.8 Å². The summed E-state index contributed by atoms with van der Waals surface area (Å²) in [6.45, 7) is 2.81. The van der Waals surface area contributed by atoms with Gasteiger partial charge in [-0.1, -0.05) is 30.1 Å². The quantitative estimate of drug-likeness (QED) is 0.665. The van der Waals surface area contributed by atoms with Gasteiger partial charge in [-0.15, -0.1) is 11.6 Å². The standard InChI is InChI=1S/C12H15Cl3O/c1-9(4-6-13)5-7-16-12-3-2-10(14)8-11(12)15/h2-3,8-9H,4-7H2,1H3. The highest BCUT2D eigenvalue weighted by Crippen LogP contribution is 2.27. The van der Waals surface area contributed by atoms with E-state index < -0.39 is 0 Å². The average Bonchev–Trinajstić information content (AvgIpc) is 2.22. The molecule has 0 aliphatic carbocycles. The zero-order chi connectivity index (χ0) is 12.0. The van der Waals surface area contributed by atoms with Gasteiger partial charge in [-0.2, -0.15) is 0 Å². The molecule has 0 bridgehead atoms. The van der Waals surface area contributed by atoms with E-state index in [1.54, 1.807) is 18.2 Å². The zero-order valence-electron chi connectivity index (χ0n) is 9.18. The van der Waals surface area contributed by atoms with E-state index in [1.165, 1.54) is 0 Å². The second kappa shape index (κ2) is 7.26. The fourth-order valence-electron chi connectivity index (χ4n) is 1.29. The molecular formula is C12H15Cl3O. The molecule has 1 rings (SSSR count). The summed E-state index contributed by atoms with van der Waals surface area (Å²) in [7, 11) is 0. The second-order valence-corrected chi connectivity index (χ2v) is 5.02. The first-order chi connectivity index (χ1) is 7.63. The number of alkyl halides is 1. The third-order valence-electron chi connectivity index (χ3n) is 2.36. The number of halogens is 3. The third kappa shape index (κ3) is 4.82. The largest absolute Gasteiger partial charge is 0.492 e. The van der Waals surface area contributed by atoms with E-state index >= 15 is 0 Å². The maximum atomic E-state index is 5.98. The number of hydrogen-bond acceptors (Lipinski definition) is 1. The molecule has 0 aliphatic rings. The lowest BCUT2D eigenvalue weighted by Crippen LogP contribution is -2.04. The molecule has 1 unspecified atom stereocenters. The SMILES string of the molecule is CC(CCCl)CCOc1ccc(Cl)cc1Cl. The van der Waals surface area contributed by atoms with Gasteiger partial charge in [0, 0.05) is 10.9 Å². The Morgan fingerprint density at radius 3 is 2.62 bits per heavy atom. The Hall–Kier alpha value is -0.110. The Balaban J connectivity index is 2.37. The van der Waals surface area contributed by atoms with Crippen LogP contribution in [0.1, 0.15) is 19.8 Å². The molecule has 16 heavy (non-hydrogen) atoms. The highest BCUT2D eigenvalue weighted by Gasteiger charge is 2.04. The lowest BCUT2D eigenvalue weighted by Gasteiger charge is -2.11. The van der Waals surface area contributed by atoms with Crippen LogP contribution in [0.3, 0.4) is 0 Å². The van der Waals surface area contributed by atoms with Crippen molar-refractivity contribution in [3.05, 3.63) is 28.2 Å². The van der Waals surface area contributed by atoms with Crippen LogP contribution in [0.4, 0.5) is 0 Å². The van der Waals surface area contributed by atoms with Crippen molar-refractivity contribution in [2.45, 2.75) is 19.8 Å². The van der Waals surface area contributed by atoms with Crippen LogP contribution in [0.15, 0.2) is 18.2 Å². The second-order valence-electron chi connectivity index (χ2n) is 3.79. The minimum Gasteiger partial charge on any atom is -0.492 e. The lowest BCUT2D eigenvalue weighted by atomic mass is 10.1. The van der Waals surface area contributed by atoms with Crippen molar-refractivity contribution in [2.24, 2.45) is 5.92 Å². The fraction of sp³-hybridized carbons (Fsp3) is 0.500. The molecule has 0 saturated heterocycles. The van der Waals surface area contributed by atoms with E-state index in [4.69, 9.17) is 39.5 Å². The van der Waals surface area contributed by atoms with Gasteiger partial charge in [0.05, 0.1) is 11.6 Å². The molecule has 1 aromatic rings. The molecule has 0 N–H and O–H groups in total. The molecule has 0 aromatic heterocycles. The molecule has 0 radical (unpaired) electrons. The van der Waals surface area contributed by atoms with Crippen LogP contribution >= 0.6 is 34.8 Å². The predicted molar refractivity (Wildman–Crippen MR) is 71.1 cm³/mol. The topological polar surface area (TPSA) is 9.23 Å². The molecule has 0 amide bonds. The van der Waals surface area contributed by atoms with Crippen molar-refractivity contribution in [1.82, 2.24) is 0 Å². The smallest absolute Gasteiger partial charge is 0.137 e. The van der Waals surface area contributed by atoms with Crippen LogP contribution in [0, 0.1) is 5.92 Å². The first-order valence-corrected chi connectivity index (χ1v) is 6.56. The van der Waals surface area contributed by atoms with E-state index in [9.17, 15) is 0 Å². The average molecular weight is 282 g/mol. The number of hydrogen-bond donors (Lipinski definition) is 0. The predicted octanol–water partition coefficient (Wildman–Crippen LogP) is 5.03. The van der Waals surface area contributed by atoms with Gasteiger partial charge in [0.1, 0.15) is 5.75 Å². The van der Waals surface area contributed by atoms with E-state index in [2.05, 4.69) is 6.92 Å². The molecule has 1 nitrogen and oxygen atoms in total. The molecule has 4 heteroatoms. The maximum Gasteiger partial charge on any atom is 0.137 e. The Morgan fingerprint density at radius 1 is 1.25 bits per heavy atom. The molecule has 0 aliphatic heterocycles. The van der Waals surface area contributed by atoms with Gasteiger partial charge in [0.15, 0.2) is 0 Å². The molecule has 0 fully saturated rings. The highest BCUT2D eigenvalue weighted by molar-refractivity contribution is 6.35. The van der Waals surface area contributed by atoms with Crippen LogP contribution in [-0.2, 0) is 0 Å². The van der Waals surface area contributed by atoms with Gasteiger partial charge in [-0.3, -0.25) is 0 Å². The van der Waals surface area contributed by atoms with E-state index in [1.807, 2.05) is 0 Å². The summed E-state index contributed by atoms with van der Waals surface area (Å²) < 4.78 is 5.58. The molecule has 0 spiro atoms. The van der Waals surface area contributed by atoms with Gasteiger partial charge in [-0.25, -0.2) is 0 Å². The van der Waals surface area contributed by atoms with Crippen LogP contribution in [0.25, 0.3) is 0 Å². The van der Waals surface area contributed by atoms with Crippen molar-refractivity contribution < 1.29 is 4.74 Å². The summed E-state index contributed by atoms with van der Waals surface area (Å²) in [4.78, 5) is 0. The fourth-order valence-corrected chi connectivity index (χ4v) is 2.13. The Morgan fingerprint density at radius 2 is 2.00 bits per heavy atom. The van der Waals surface area contributed by atoms with Gasteiger partial charge < -0.3 is 4.74 Å². The molecule has 0 heterocycles. The summed E-state index contributed by atoms with van der Waals surface area (Å²) >= 11 is 17.4. The first kappa shape index (κ1) is 14.0. The summed E-state index contributed by atoms with van der Waals surface area (Å²) in [6, 6.07) is 5.24. The molecule has 1 atom stereocenters. The molecular weight excluding hydrogens is 266 g/mol. The van der Waals surface area contributed by atoms with Crippen LogP contribution in [0.2, 0.25) is 10.0 Å². The van der Waals surface area contributed by atoms with E-state index in [0.29, 0.717) is 34.2 Å². The zero-order valence-corrected chi connectivity index (χ0v) is 11.4. The van der Waals surface area contributed by atoms with Crippen molar-refractivity contribution in [3.63, 3.8) is 0 Å². The van der Waals surface area contributed by atoms with Crippen molar-refractivity contribution in [2.75, 3.05) is 12.5 Å². The molecule has 1 aromatic carbocycles. The van der Waals surface area contributed by atoms with Crippen LogP contribution < -0.4 is 4.74 Å². The first-order valence-electron chi connectivity index (χ1n) is 5.27. The van der Waals surface area contributed by atoms with Gasteiger partial charge in [-0.05, 0) is 37.0 Å². The Bertz CT molecular complexity index is 328. The summed E-state index contributed by atoms with van der Waals surface area (Å²) in [5.41, 5.74) is 0. The van der Waals surface area contributed by atoms with Crippen molar-refractivity contribution in [1.29, 1.82) is 0 Å². The van der Waals surface area contributed by atoms with Crippen LogP contribution in [0.5, 0.6) is 5.75 Å². The monoisotopic (exact) mass is 280 g/mol. The minimum absolute atomic E-state index is 0.553. The normalized spacial score (nSPS) is 12.5. The number of benzene rings is 1. The summed E-state index contributed by atoms with van der Waals surface area (Å²) in [6.07, 6.45) is 1.99. The van der Waals surface area contributed by atoms with Crippen LogP contribution in [-0.4, -0.2) is 12.5 Å². The highest BCUT2D eigenvalue weighted by atomic mass is 35.5. The van der Waals surface area contributed by atoms with Gasteiger partial charge >= 0.3 is 0 Å². The number of ether oxygens (including phenoxy) is 1.